The molecule has 5 rings (SSSR count). The first-order chi connectivity index (χ1) is 18.8. The second kappa shape index (κ2) is 11.2. The third kappa shape index (κ3) is 6.40. The van der Waals surface area contributed by atoms with Gasteiger partial charge in [-0.2, -0.15) is 0 Å². The van der Waals surface area contributed by atoms with E-state index in [9.17, 15) is 18.0 Å². The van der Waals surface area contributed by atoms with E-state index in [-0.39, 0.29) is 11.7 Å². The van der Waals surface area contributed by atoms with Crippen molar-refractivity contribution in [1.29, 1.82) is 0 Å². The zero-order valence-electron chi connectivity index (χ0n) is 21.1. The minimum absolute atomic E-state index is 0.0456. The van der Waals surface area contributed by atoms with Gasteiger partial charge in [0.25, 0.3) is 5.91 Å². The highest BCUT2D eigenvalue weighted by Gasteiger charge is 2.31. The standard InChI is InChI=1S/C27H26F3N5O4/c1-37-23-16-20(38-14-13-34-9-11-35(12-10-34)26(36)18-5-3-2-4-6-18)17-31-24(23)25-32-21-8-7-19(15-22(21)33-25)39-27(28,29)30/h2-8,15-17H,9-14H2,1H3,(H,32,33). The van der Waals surface area contributed by atoms with Gasteiger partial charge < -0.3 is 24.1 Å². The van der Waals surface area contributed by atoms with Gasteiger partial charge in [-0.3, -0.25) is 9.69 Å². The topological polar surface area (TPSA) is 92.8 Å². The smallest absolute Gasteiger partial charge is 0.494 e. The van der Waals surface area contributed by atoms with E-state index in [0.717, 1.165) is 13.1 Å². The first-order valence-corrected chi connectivity index (χ1v) is 12.3. The third-order valence-corrected chi connectivity index (χ3v) is 6.32. The molecule has 1 aliphatic heterocycles. The van der Waals surface area contributed by atoms with Gasteiger partial charge in [0, 0.05) is 50.4 Å². The van der Waals surface area contributed by atoms with E-state index in [1.165, 1.54) is 25.3 Å². The van der Waals surface area contributed by atoms with Crippen LogP contribution < -0.4 is 14.2 Å². The normalized spacial score (nSPS) is 14.4. The predicted molar refractivity (Wildman–Crippen MR) is 137 cm³/mol. The van der Waals surface area contributed by atoms with Crippen molar-refractivity contribution in [3.05, 3.63) is 66.4 Å². The Morgan fingerprint density at radius 1 is 1.03 bits per heavy atom. The molecule has 204 valence electrons. The van der Waals surface area contributed by atoms with Crippen molar-refractivity contribution in [1.82, 2.24) is 24.8 Å². The number of fused-ring (bicyclic) bond motifs is 1. The van der Waals surface area contributed by atoms with Crippen LogP contribution in [0.3, 0.4) is 0 Å². The highest BCUT2D eigenvalue weighted by Crippen LogP contribution is 2.32. The molecule has 4 aromatic rings. The number of halogens is 3. The molecule has 1 amide bonds. The lowest BCUT2D eigenvalue weighted by Gasteiger charge is -2.34. The molecule has 2 aromatic carbocycles. The Morgan fingerprint density at radius 3 is 2.51 bits per heavy atom. The molecule has 39 heavy (non-hydrogen) atoms. The zero-order chi connectivity index (χ0) is 27.4. The SMILES string of the molecule is COc1cc(OCCN2CCN(C(=O)c3ccccc3)CC2)cnc1-c1nc2cc(OC(F)(F)F)ccc2[nH]1. The molecule has 0 aliphatic carbocycles. The van der Waals surface area contributed by atoms with E-state index in [4.69, 9.17) is 9.47 Å². The van der Waals surface area contributed by atoms with Crippen LogP contribution >= 0.6 is 0 Å². The molecule has 1 aliphatic rings. The number of ether oxygens (including phenoxy) is 3. The van der Waals surface area contributed by atoms with Crippen LogP contribution in [0.25, 0.3) is 22.6 Å². The van der Waals surface area contributed by atoms with E-state index in [1.807, 2.05) is 35.2 Å². The first kappa shape index (κ1) is 26.3. The molecular weight excluding hydrogens is 515 g/mol. The van der Waals surface area contributed by atoms with Crippen LogP contribution in [0.5, 0.6) is 17.2 Å². The molecule has 0 atom stereocenters. The summed E-state index contributed by atoms with van der Waals surface area (Å²) in [6, 6.07) is 14.8. The Morgan fingerprint density at radius 2 is 1.79 bits per heavy atom. The van der Waals surface area contributed by atoms with Crippen LogP contribution in [0.15, 0.2) is 60.8 Å². The van der Waals surface area contributed by atoms with Crippen molar-refractivity contribution in [2.75, 3.05) is 46.4 Å². The van der Waals surface area contributed by atoms with E-state index >= 15 is 0 Å². The van der Waals surface area contributed by atoms with Gasteiger partial charge in [-0.05, 0) is 24.3 Å². The molecule has 0 spiro atoms. The van der Waals surface area contributed by atoms with Crippen LogP contribution in [-0.4, -0.2) is 83.5 Å². The predicted octanol–water partition coefficient (Wildman–Crippen LogP) is 4.37. The van der Waals surface area contributed by atoms with Gasteiger partial charge in [-0.25, -0.2) is 9.97 Å². The van der Waals surface area contributed by atoms with Crippen LogP contribution in [0.4, 0.5) is 13.2 Å². The summed E-state index contributed by atoms with van der Waals surface area (Å²) in [6.07, 6.45) is -3.25. The van der Waals surface area contributed by atoms with Crippen molar-refractivity contribution in [2.45, 2.75) is 6.36 Å². The number of hydrogen-bond donors (Lipinski definition) is 1. The number of nitrogens with one attached hydrogen (secondary N) is 1. The molecule has 3 heterocycles. The average molecular weight is 542 g/mol. The monoisotopic (exact) mass is 541 g/mol. The summed E-state index contributed by atoms with van der Waals surface area (Å²) in [5.74, 6) is 0.919. The summed E-state index contributed by atoms with van der Waals surface area (Å²) >= 11 is 0. The second-order valence-electron chi connectivity index (χ2n) is 8.88. The molecule has 1 saturated heterocycles. The molecule has 0 bridgehead atoms. The van der Waals surface area contributed by atoms with Gasteiger partial charge in [0.15, 0.2) is 11.6 Å². The van der Waals surface area contributed by atoms with Crippen LogP contribution in [0, 0.1) is 0 Å². The maximum absolute atomic E-state index is 12.6. The van der Waals surface area contributed by atoms with Gasteiger partial charge >= 0.3 is 6.36 Å². The number of alkyl halides is 3. The number of aromatic nitrogens is 3. The van der Waals surface area contributed by atoms with E-state index in [1.54, 1.807) is 12.3 Å². The zero-order valence-corrected chi connectivity index (χ0v) is 21.1. The number of aromatic amines is 1. The van der Waals surface area contributed by atoms with Gasteiger partial charge in [-0.15, -0.1) is 13.2 Å². The molecule has 12 heteroatoms. The number of pyridine rings is 1. The summed E-state index contributed by atoms with van der Waals surface area (Å²) < 4.78 is 52.9. The molecule has 9 nitrogen and oxygen atoms in total. The van der Waals surface area contributed by atoms with E-state index < -0.39 is 6.36 Å². The van der Waals surface area contributed by atoms with Crippen molar-refractivity contribution in [3.63, 3.8) is 0 Å². The fourth-order valence-electron chi connectivity index (χ4n) is 4.36. The Hall–Kier alpha value is -4.32. The summed E-state index contributed by atoms with van der Waals surface area (Å²) in [5.41, 5.74) is 1.90. The lowest BCUT2D eigenvalue weighted by molar-refractivity contribution is -0.274. The van der Waals surface area contributed by atoms with Gasteiger partial charge in [0.1, 0.15) is 23.8 Å². The Kier molecular flexibility index (Phi) is 7.55. The molecule has 1 fully saturated rings. The van der Waals surface area contributed by atoms with Crippen LogP contribution in [-0.2, 0) is 0 Å². The van der Waals surface area contributed by atoms with Crippen LogP contribution in [0.1, 0.15) is 10.4 Å². The lowest BCUT2D eigenvalue weighted by atomic mass is 10.2. The number of carbonyl (C=O) groups is 1. The Bertz CT molecular complexity index is 1440. The van der Waals surface area contributed by atoms with E-state index in [0.29, 0.717) is 65.9 Å². The maximum atomic E-state index is 12.6. The van der Waals surface area contributed by atoms with Gasteiger partial charge in [0.05, 0.1) is 24.3 Å². The van der Waals surface area contributed by atoms with Crippen molar-refractivity contribution >= 4 is 16.9 Å². The lowest BCUT2D eigenvalue weighted by Crippen LogP contribution is -2.49. The fraction of sp³-hybridized carbons (Fsp3) is 0.296. The minimum Gasteiger partial charge on any atom is -0.494 e. The number of nitrogens with zero attached hydrogens (tertiary/aromatic N) is 4. The second-order valence-corrected chi connectivity index (χ2v) is 8.88. The fourth-order valence-corrected chi connectivity index (χ4v) is 4.36. The van der Waals surface area contributed by atoms with Gasteiger partial charge in [0.2, 0.25) is 0 Å². The van der Waals surface area contributed by atoms with Crippen molar-refractivity contribution < 1.29 is 32.2 Å². The highest BCUT2D eigenvalue weighted by atomic mass is 19.4. The largest absolute Gasteiger partial charge is 0.573 e. The Labute approximate surface area is 222 Å². The number of methoxy groups -OCH3 is 1. The van der Waals surface area contributed by atoms with Crippen LogP contribution in [0.2, 0.25) is 0 Å². The minimum atomic E-state index is -4.79. The molecule has 0 radical (unpaired) electrons. The number of rotatable bonds is 8. The first-order valence-electron chi connectivity index (χ1n) is 12.3. The number of carbonyl (C=O) groups excluding carboxylic acids is 1. The number of hydrogen-bond acceptors (Lipinski definition) is 7. The summed E-state index contributed by atoms with van der Waals surface area (Å²) in [6.45, 7) is 3.92. The molecule has 0 unspecified atom stereocenters. The number of piperazine rings is 1. The number of H-pyrrole nitrogens is 1. The van der Waals surface area contributed by atoms with Crippen molar-refractivity contribution in [3.8, 4) is 28.8 Å². The number of benzene rings is 2. The Balaban J connectivity index is 1.16. The number of amides is 1. The van der Waals surface area contributed by atoms with Gasteiger partial charge in [-0.1, -0.05) is 18.2 Å². The van der Waals surface area contributed by atoms with Crippen molar-refractivity contribution in [2.24, 2.45) is 0 Å². The van der Waals surface area contributed by atoms with E-state index in [2.05, 4.69) is 24.6 Å². The molecular formula is C27H26F3N5O4. The third-order valence-electron chi connectivity index (χ3n) is 6.32. The molecule has 0 saturated carbocycles. The molecule has 1 N–H and O–H groups in total. The summed E-state index contributed by atoms with van der Waals surface area (Å²) in [7, 11) is 1.48. The quantitative estimate of drug-likeness (QED) is 0.354. The number of imidazole rings is 1. The highest BCUT2D eigenvalue weighted by molar-refractivity contribution is 5.94. The summed E-state index contributed by atoms with van der Waals surface area (Å²) in [4.78, 5) is 28.5. The summed E-state index contributed by atoms with van der Waals surface area (Å²) in [5, 5.41) is 0. The molecule has 2 aromatic heterocycles. The maximum Gasteiger partial charge on any atom is 0.573 e. The average Bonchev–Trinajstić information content (AvgIpc) is 3.36.